The molecule has 1 aromatic carbocycles. The number of carbonyl (C=O) groups excluding carboxylic acids is 1. The van der Waals surface area contributed by atoms with Crippen LogP contribution in [-0.2, 0) is 48.7 Å². The number of rotatable bonds is 8. The van der Waals surface area contributed by atoms with Crippen LogP contribution in [0.5, 0.6) is 0 Å². The van der Waals surface area contributed by atoms with Crippen LogP contribution in [0.25, 0.3) is 0 Å². The Morgan fingerprint density at radius 3 is 2.49 bits per heavy atom. The van der Waals surface area contributed by atoms with Gasteiger partial charge >= 0.3 is 12.1 Å². The van der Waals surface area contributed by atoms with E-state index in [0.717, 1.165) is 18.2 Å². The van der Waals surface area contributed by atoms with E-state index in [1.807, 2.05) is 0 Å². The number of hydrogen-bond acceptors (Lipinski definition) is 7. The van der Waals surface area contributed by atoms with Crippen LogP contribution in [0.4, 0.5) is 13.2 Å². The first kappa shape index (κ1) is 27.6. The van der Waals surface area contributed by atoms with Gasteiger partial charge in [0.05, 0.1) is 34.6 Å². The number of halogens is 3. The van der Waals surface area contributed by atoms with Crippen LogP contribution in [-0.4, -0.2) is 48.2 Å². The number of esters is 1. The molecular formula is C23H28F3N3O6S2. The van der Waals surface area contributed by atoms with Gasteiger partial charge in [0.2, 0.25) is 10.0 Å². The predicted octanol–water partition coefficient (Wildman–Crippen LogP) is 3.81. The van der Waals surface area contributed by atoms with E-state index in [2.05, 4.69) is 5.10 Å². The minimum atomic E-state index is -4.93. The van der Waals surface area contributed by atoms with Gasteiger partial charge in [0.25, 0.3) is 10.0 Å². The van der Waals surface area contributed by atoms with Crippen LogP contribution in [0.2, 0.25) is 0 Å². The molecule has 0 N–H and O–H groups in total. The standard InChI is InChI=1S/C23H28F3N3O6S2/c1-2-35-22(30)15-28-20-11-6-12-21(19(20)14-27-28)29(36(31,32)17-8-3-4-9-17)37(33,34)18-10-5-7-16(13-18)23(24,25)26/h5,7,10,13-14,17,21H,2-4,6,8-9,11-12,15H2,1H3/t21-/m1/s1. The number of ether oxygens (including phenoxy) is 1. The van der Waals surface area contributed by atoms with E-state index in [1.54, 1.807) is 6.92 Å². The van der Waals surface area contributed by atoms with Crippen molar-refractivity contribution in [2.75, 3.05) is 6.61 Å². The molecule has 14 heteroatoms. The van der Waals surface area contributed by atoms with Gasteiger partial charge in [0, 0.05) is 11.3 Å². The Bertz CT molecular complexity index is 1370. The Morgan fingerprint density at radius 2 is 1.84 bits per heavy atom. The first-order chi connectivity index (χ1) is 17.4. The highest BCUT2D eigenvalue weighted by Crippen LogP contribution is 2.43. The summed E-state index contributed by atoms with van der Waals surface area (Å²) in [6.45, 7) is 1.58. The fourth-order valence-corrected chi connectivity index (χ4v) is 9.83. The molecular weight excluding hydrogens is 535 g/mol. The van der Waals surface area contributed by atoms with E-state index in [-0.39, 0.29) is 32.4 Å². The summed E-state index contributed by atoms with van der Waals surface area (Å²) in [5.41, 5.74) is -0.388. The molecule has 0 saturated heterocycles. The third kappa shape index (κ3) is 5.41. The van der Waals surface area contributed by atoms with Crippen molar-refractivity contribution in [3.63, 3.8) is 0 Å². The van der Waals surface area contributed by atoms with E-state index >= 15 is 0 Å². The number of alkyl halides is 3. The average Bonchev–Trinajstić information content (AvgIpc) is 3.50. The highest BCUT2D eigenvalue weighted by molar-refractivity contribution is 8.04. The second-order valence-electron chi connectivity index (χ2n) is 9.12. The number of nitrogens with zero attached hydrogens (tertiary/aromatic N) is 3. The highest BCUT2D eigenvalue weighted by Gasteiger charge is 2.48. The SMILES string of the molecule is CCOC(=O)Cn1ncc2c1CCC[C@H]2N(S(=O)(=O)c1cccc(C(F)(F)F)c1)S(=O)(=O)C1CCCC1. The van der Waals surface area contributed by atoms with Crippen molar-refractivity contribution in [1.82, 2.24) is 13.5 Å². The van der Waals surface area contributed by atoms with E-state index in [0.29, 0.717) is 46.7 Å². The van der Waals surface area contributed by atoms with Gasteiger partial charge < -0.3 is 4.74 Å². The number of carbonyl (C=O) groups is 1. The summed E-state index contributed by atoms with van der Waals surface area (Å²) < 4.78 is 102. The van der Waals surface area contributed by atoms with Crippen LogP contribution in [0.15, 0.2) is 35.4 Å². The summed E-state index contributed by atoms with van der Waals surface area (Å²) in [5, 5.41) is 3.22. The first-order valence-electron chi connectivity index (χ1n) is 12.0. The monoisotopic (exact) mass is 563 g/mol. The molecule has 204 valence electrons. The zero-order valence-electron chi connectivity index (χ0n) is 20.1. The third-order valence-corrected chi connectivity index (χ3v) is 11.6. The normalized spacial score (nSPS) is 19.2. The molecule has 0 amide bonds. The summed E-state index contributed by atoms with van der Waals surface area (Å²) in [5.74, 6) is -0.553. The van der Waals surface area contributed by atoms with Crippen LogP contribution >= 0.6 is 0 Å². The van der Waals surface area contributed by atoms with Gasteiger partial charge in [-0.05, 0) is 57.2 Å². The molecule has 37 heavy (non-hydrogen) atoms. The Labute approximate surface area is 213 Å². The zero-order chi connectivity index (χ0) is 27.0. The fourth-order valence-electron chi connectivity index (χ4n) is 5.03. The van der Waals surface area contributed by atoms with Gasteiger partial charge in [-0.3, -0.25) is 9.48 Å². The number of benzene rings is 1. The number of aromatic nitrogens is 2. The molecule has 2 aliphatic rings. The van der Waals surface area contributed by atoms with Crippen molar-refractivity contribution >= 4 is 26.0 Å². The fraction of sp³-hybridized carbons (Fsp3) is 0.565. The molecule has 0 aliphatic heterocycles. The maximum absolute atomic E-state index is 13.9. The summed E-state index contributed by atoms with van der Waals surface area (Å²) in [6, 6.07) is 1.90. The summed E-state index contributed by atoms with van der Waals surface area (Å²) >= 11 is 0. The molecule has 0 bridgehead atoms. The lowest BCUT2D eigenvalue weighted by Gasteiger charge is -2.34. The van der Waals surface area contributed by atoms with Gasteiger partial charge in [-0.1, -0.05) is 22.6 Å². The van der Waals surface area contributed by atoms with Gasteiger partial charge in [-0.25, -0.2) is 16.8 Å². The van der Waals surface area contributed by atoms with Gasteiger partial charge in [-0.15, -0.1) is 0 Å². The number of hydrogen-bond donors (Lipinski definition) is 0. The lowest BCUT2D eigenvalue weighted by Crippen LogP contribution is -2.45. The first-order valence-corrected chi connectivity index (χ1v) is 15.0. The molecule has 9 nitrogen and oxygen atoms in total. The molecule has 2 aliphatic carbocycles. The highest BCUT2D eigenvalue weighted by atomic mass is 32.3. The minimum absolute atomic E-state index is 0.127. The maximum atomic E-state index is 13.9. The molecule has 0 unspecified atom stereocenters. The van der Waals surface area contributed by atoms with Crippen molar-refractivity contribution in [3.05, 3.63) is 47.3 Å². The predicted molar refractivity (Wildman–Crippen MR) is 126 cm³/mol. The summed E-state index contributed by atoms with van der Waals surface area (Å²) in [7, 11) is -9.41. The quantitative estimate of drug-likeness (QED) is 0.449. The van der Waals surface area contributed by atoms with Crippen LogP contribution in [0.1, 0.15) is 68.3 Å². The van der Waals surface area contributed by atoms with Gasteiger partial charge in [-0.2, -0.15) is 18.3 Å². The van der Waals surface area contributed by atoms with E-state index in [4.69, 9.17) is 4.74 Å². The van der Waals surface area contributed by atoms with Crippen LogP contribution in [0, 0.1) is 0 Å². The molecule has 1 saturated carbocycles. The van der Waals surface area contributed by atoms with E-state index < -0.39 is 53.9 Å². The van der Waals surface area contributed by atoms with Crippen molar-refractivity contribution in [1.29, 1.82) is 0 Å². The average molecular weight is 564 g/mol. The number of sulfonamides is 2. The number of fused-ring (bicyclic) bond motifs is 1. The molecule has 2 aromatic rings. The van der Waals surface area contributed by atoms with Crippen molar-refractivity contribution < 1.29 is 39.5 Å². The second-order valence-corrected chi connectivity index (χ2v) is 13.3. The van der Waals surface area contributed by atoms with E-state index in [1.165, 1.54) is 10.9 Å². The molecule has 0 radical (unpaired) electrons. The largest absolute Gasteiger partial charge is 0.465 e. The Morgan fingerprint density at radius 1 is 1.14 bits per heavy atom. The lowest BCUT2D eigenvalue weighted by atomic mass is 9.94. The molecule has 1 heterocycles. The topological polar surface area (TPSA) is 116 Å². The van der Waals surface area contributed by atoms with Crippen molar-refractivity contribution in [2.24, 2.45) is 0 Å². The van der Waals surface area contributed by atoms with Crippen molar-refractivity contribution in [3.8, 4) is 0 Å². The second kappa shape index (κ2) is 10.4. The smallest absolute Gasteiger partial charge is 0.416 e. The van der Waals surface area contributed by atoms with Crippen LogP contribution in [0.3, 0.4) is 0 Å². The van der Waals surface area contributed by atoms with Gasteiger partial charge in [0.15, 0.2) is 0 Å². The Kier molecular flexibility index (Phi) is 7.73. The molecule has 1 fully saturated rings. The van der Waals surface area contributed by atoms with Crippen molar-refractivity contribution in [2.45, 2.75) is 80.8 Å². The Balaban J connectivity index is 1.83. The molecule has 1 aromatic heterocycles. The molecule has 4 rings (SSSR count). The molecule has 1 atom stereocenters. The van der Waals surface area contributed by atoms with E-state index in [9.17, 15) is 34.8 Å². The third-order valence-electron chi connectivity index (χ3n) is 6.74. The minimum Gasteiger partial charge on any atom is -0.465 e. The van der Waals surface area contributed by atoms with Crippen LogP contribution < -0.4 is 0 Å². The Hall–Kier alpha value is -2.45. The summed E-state index contributed by atoms with van der Waals surface area (Å²) in [6.07, 6.45) is -0.805. The lowest BCUT2D eigenvalue weighted by molar-refractivity contribution is -0.144. The maximum Gasteiger partial charge on any atom is 0.416 e. The summed E-state index contributed by atoms with van der Waals surface area (Å²) in [4.78, 5) is 11.3. The molecule has 0 spiro atoms. The zero-order valence-corrected chi connectivity index (χ0v) is 21.8. The van der Waals surface area contributed by atoms with Gasteiger partial charge in [0.1, 0.15) is 6.54 Å².